The van der Waals surface area contributed by atoms with Gasteiger partial charge < -0.3 is 11.1 Å². The van der Waals surface area contributed by atoms with E-state index in [1.807, 2.05) is 12.3 Å². The number of amides is 1. The quantitative estimate of drug-likeness (QED) is 0.869. The summed E-state index contributed by atoms with van der Waals surface area (Å²) in [4.78, 5) is 16.2. The summed E-state index contributed by atoms with van der Waals surface area (Å²) in [7, 11) is 0. The Kier molecular flexibility index (Phi) is 3.61. The lowest BCUT2D eigenvalue weighted by Crippen LogP contribution is -2.26. The van der Waals surface area contributed by atoms with Gasteiger partial charge in [-0.3, -0.25) is 9.48 Å². The molecule has 0 atom stereocenters. The zero-order chi connectivity index (χ0) is 13.1. The Labute approximate surface area is 109 Å². The van der Waals surface area contributed by atoms with Crippen LogP contribution in [-0.2, 0) is 13.1 Å². The first-order chi connectivity index (χ1) is 8.63. The van der Waals surface area contributed by atoms with Crippen LogP contribution in [0.4, 0.5) is 5.69 Å². The third-order valence-electron chi connectivity index (χ3n) is 2.57. The molecule has 0 aliphatic heterocycles. The molecule has 2 aromatic rings. The number of carbonyl (C=O) groups excluding carboxylic acids is 1. The van der Waals surface area contributed by atoms with E-state index >= 15 is 0 Å². The highest BCUT2D eigenvalue weighted by Crippen LogP contribution is 2.16. The van der Waals surface area contributed by atoms with Crippen molar-refractivity contribution in [3.8, 4) is 0 Å². The van der Waals surface area contributed by atoms with E-state index in [0.29, 0.717) is 30.2 Å². The van der Waals surface area contributed by atoms with Crippen LogP contribution in [0.25, 0.3) is 0 Å². The number of nitrogen functional groups attached to an aromatic ring is 1. The number of aromatic nitrogens is 3. The second kappa shape index (κ2) is 5.18. The molecule has 0 aromatic carbocycles. The monoisotopic (exact) mass is 265 g/mol. The topological polar surface area (TPSA) is 85.8 Å². The molecule has 0 saturated heterocycles. The number of nitrogens with two attached hydrogens (primary N) is 1. The summed E-state index contributed by atoms with van der Waals surface area (Å²) in [6.45, 7) is 4.73. The van der Waals surface area contributed by atoms with E-state index in [-0.39, 0.29) is 5.91 Å². The largest absolute Gasteiger partial charge is 0.395 e. The summed E-state index contributed by atoms with van der Waals surface area (Å²) >= 11 is 1.50. The molecule has 0 saturated carbocycles. The molecule has 2 rings (SSSR count). The van der Waals surface area contributed by atoms with Crippen LogP contribution >= 0.6 is 11.3 Å². The fourth-order valence-corrected chi connectivity index (χ4v) is 2.20. The minimum absolute atomic E-state index is 0.217. The third kappa shape index (κ3) is 2.35. The molecule has 0 aliphatic rings. The molecule has 0 spiro atoms. The highest BCUT2D eigenvalue weighted by molar-refractivity contribution is 7.09. The predicted molar refractivity (Wildman–Crippen MR) is 70.3 cm³/mol. The van der Waals surface area contributed by atoms with E-state index in [0.717, 1.165) is 5.01 Å². The molecule has 18 heavy (non-hydrogen) atoms. The van der Waals surface area contributed by atoms with E-state index in [2.05, 4.69) is 15.4 Å². The van der Waals surface area contributed by atoms with Crippen LogP contribution in [0.2, 0.25) is 0 Å². The maximum absolute atomic E-state index is 12.1. The van der Waals surface area contributed by atoms with Crippen LogP contribution in [0.3, 0.4) is 0 Å². The summed E-state index contributed by atoms with van der Waals surface area (Å²) in [5, 5.41) is 9.74. The SMILES string of the molecule is CCn1nc(C)c(N)c1C(=O)NCc1nccs1. The normalized spacial score (nSPS) is 10.6. The van der Waals surface area contributed by atoms with Gasteiger partial charge >= 0.3 is 0 Å². The van der Waals surface area contributed by atoms with Gasteiger partial charge in [0.15, 0.2) is 0 Å². The molecule has 0 unspecified atom stereocenters. The van der Waals surface area contributed by atoms with E-state index in [1.165, 1.54) is 11.3 Å². The number of nitrogens with zero attached hydrogens (tertiary/aromatic N) is 3. The standard InChI is InChI=1S/C11H15N5OS/c1-3-16-10(9(12)7(2)15-16)11(17)14-6-8-13-4-5-18-8/h4-5H,3,6,12H2,1-2H3,(H,14,17). The molecule has 0 fully saturated rings. The lowest BCUT2D eigenvalue weighted by molar-refractivity contribution is 0.0941. The van der Waals surface area contributed by atoms with Crippen LogP contribution < -0.4 is 11.1 Å². The number of hydrogen-bond acceptors (Lipinski definition) is 5. The Morgan fingerprint density at radius 1 is 1.61 bits per heavy atom. The summed E-state index contributed by atoms with van der Waals surface area (Å²) in [6, 6.07) is 0. The predicted octanol–water partition coefficient (Wildman–Crippen LogP) is 1.18. The van der Waals surface area contributed by atoms with Crippen LogP contribution in [0.5, 0.6) is 0 Å². The molecule has 96 valence electrons. The molecule has 2 heterocycles. The van der Waals surface area contributed by atoms with Crippen LogP contribution in [0.15, 0.2) is 11.6 Å². The van der Waals surface area contributed by atoms with E-state index in [1.54, 1.807) is 17.8 Å². The van der Waals surface area contributed by atoms with E-state index in [4.69, 9.17) is 5.73 Å². The first-order valence-electron chi connectivity index (χ1n) is 5.63. The van der Waals surface area contributed by atoms with Crippen molar-refractivity contribution in [3.05, 3.63) is 28.0 Å². The number of aryl methyl sites for hydroxylation is 2. The Morgan fingerprint density at radius 2 is 2.39 bits per heavy atom. The first kappa shape index (κ1) is 12.6. The van der Waals surface area contributed by atoms with Gasteiger partial charge in [0, 0.05) is 18.1 Å². The maximum atomic E-state index is 12.1. The summed E-state index contributed by atoms with van der Waals surface area (Å²) in [5.74, 6) is -0.217. The van der Waals surface area contributed by atoms with Gasteiger partial charge in [-0.05, 0) is 13.8 Å². The van der Waals surface area contributed by atoms with Crippen molar-refractivity contribution in [1.82, 2.24) is 20.1 Å². The van der Waals surface area contributed by atoms with Gasteiger partial charge in [-0.1, -0.05) is 0 Å². The van der Waals surface area contributed by atoms with Gasteiger partial charge in [0.05, 0.1) is 17.9 Å². The maximum Gasteiger partial charge on any atom is 0.272 e. The average Bonchev–Trinajstić information content (AvgIpc) is 2.96. The van der Waals surface area contributed by atoms with Gasteiger partial charge in [0.1, 0.15) is 10.7 Å². The molecule has 2 aromatic heterocycles. The highest BCUT2D eigenvalue weighted by atomic mass is 32.1. The number of carbonyl (C=O) groups is 1. The third-order valence-corrected chi connectivity index (χ3v) is 3.35. The van der Waals surface area contributed by atoms with E-state index < -0.39 is 0 Å². The van der Waals surface area contributed by atoms with Crippen LogP contribution in [-0.4, -0.2) is 20.7 Å². The van der Waals surface area contributed by atoms with Crippen molar-refractivity contribution < 1.29 is 4.79 Å². The Hall–Kier alpha value is -1.89. The number of rotatable bonds is 4. The molecule has 1 amide bonds. The number of hydrogen-bond donors (Lipinski definition) is 2. The average molecular weight is 265 g/mol. The molecule has 7 heteroatoms. The highest BCUT2D eigenvalue weighted by Gasteiger charge is 2.18. The van der Waals surface area contributed by atoms with Crippen molar-refractivity contribution in [2.75, 3.05) is 5.73 Å². The summed E-state index contributed by atoms with van der Waals surface area (Å²) in [5.41, 5.74) is 7.41. The molecule has 0 radical (unpaired) electrons. The molecule has 6 nitrogen and oxygen atoms in total. The first-order valence-corrected chi connectivity index (χ1v) is 6.51. The molecule has 0 bridgehead atoms. The Balaban J connectivity index is 2.13. The van der Waals surface area contributed by atoms with Gasteiger partial charge in [-0.2, -0.15) is 5.10 Å². The van der Waals surface area contributed by atoms with Crippen molar-refractivity contribution in [2.45, 2.75) is 26.9 Å². The summed E-state index contributed by atoms with van der Waals surface area (Å²) < 4.78 is 1.61. The molecular formula is C11H15N5OS. The van der Waals surface area contributed by atoms with Crippen LogP contribution in [0, 0.1) is 6.92 Å². The summed E-state index contributed by atoms with van der Waals surface area (Å²) in [6.07, 6.45) is 1.71. The van der Waals surface area contributed by atoms with E-state index in [9.17, 15) is 4.79 Å². The second-order valence-corrected chi connectivity index (χ2v) is 4.75. The fourth-order valence-electron chi connectivity index (χ4n) is 1.64. The van der Waals surface area contributed by atoms with Crippen LogP contribution in [0.1, 0.15) is 28.1 Å². The fraction of sp³-hybridized carbons (Fsp3) is 0.364. The lowest BCUT2D eigenvalue weighted by Gasteiger charge is -2.06. The minimum atomic E-state index is -0.217. The van der Waals surface area contributed by atoms with Gasteiger partial charge in [0.2, 0.25) is 0 Å². The smallest absolute Gasteiger partial charge is 0.272 e. The van der Waals surface area contributed by atoms with Crippen molar-refractivity contribution in [1.29, 1.82) is 0 Å². The number of anilines is 1. The van der Waals surface area contributed by atoms with Gasteiger partial charge in [-0.25, -0.2) is 4.98 Å². The van der Waals surface area contributed by atoms with Crippen molar-refractivity contribution in [3.63, 3.8) is 0 Å². The molecular weight excluding hydrogens is 250 g/mol. The minimum Gasteiger partial charge on any atom is -0.395 e. The zero-order valence-corrected chi connectivity index (χ0v) is 11.1. The van der Waals surface area contributed by atoms with Gasteiger partial charge in [-0.15, -0.1) is 11.3 Å². The lowest BCUT2D eigenvalue weighted by atomic mass is 10.3. The number of nitrogens with one attached hydrogen (secondary N) is 1. The Bertz CT molecular complexity index is 546. The second-order valence-electron chi connectivity index (χ2n) is 3.77. The zero-order valence-electron chi connectivity index (χ0n) is 10.3. The Morgan fingerprint density at radius 3 is 3.00 bits per heavy atom. The van der Waals surface area contributed by atoms with Gasteiger partial charge in [0.25, 0.3) is 5.91 Å². The molecule has 3 N–H and O–H groups in total. The number of thiazole rings is 1. The van der Waals surface area contributed by atoms with Crippen molar-refractivity contribution in [2.24, 2.45) is 0 Å². The molecule has 0 aliphatic carbocycles. The van der Waals surface area contributed by atoms with Crippen molar-refractivity contribution >= 4 is 22.9 Å².